The Balaban J connectivity index is 1.54. The number of anilines is 1. The van der Waals surface area contributed by atoms with Crippen LogP contribution in [0.4, 0.5) is 11.5 Å². The molecule has 0 atom stereocenters. The molecule has 0 unspecified atom stereocenters. The van der Waals surface area contributed by atoms with E-state index in [9.17, 15) is 9.90 Å². The Labute approximate surface area is 196 Å². The lowest BCUT2D eigenvalue weighted by Crippen LogP contribution is -2.49. The van der Waals surface area contributed by atoms with Gasteiger partial charge in [-0.15, -0.1) is 0 Å². The van der Waals surface area contributed by atoms with Crippen molar-refractivity contribution in [3.8, 4) is 11.6 Å². The van der Waals surface area contributed by atoms with Gasteiger partial charge in [0.05, 0.1) is 28.3 Å². The number of halogens is 1. The fourth-order valence-corrected chi connectivity index (χ4v) is 4.44. The second-order valence-electron chi connectivity index (χ2n) is 8.21. The number of rotatable bonds is 0. The third-order valence-electron chi connectivity index (χ3n) is 6.07. The second-order valence-corrected chi connectivity index (χ2v) is 8.62. The molecule has 0 saturated carbocycles. The summed E-state index contributed by atoms with van der Waals surface area (Å²) in [5.74, 6) is 1.43. The monoisotopic (exact) mass is 468 g/mol. The zero-order valence-corrected chi connectivity index (χ0v) is 18.9. The molecule has 5 heterocycles. The summed E-state index contributed by atoms with van der Waals surface area (Å²) in [6.45, 7) is 3.11. The third kappa shape index (κ3) is 4.45. The molecule has 0 aliphatic carbocycles. The molecular weight excluding hydrogens is 444 g/mol. The van der Waals surface area contributed by atoms with Gasteiger partial charge < -0.3 is 24.6 Å². The number of aromatic nitrogens is 3. The van der Waals surface area contributed by atoms with E-state index in [1.54, 1.807) is 24.4 Å². The predicted molar refractivity (Wildman–Crippen MR) is 127 cm³/mol. The van der Waals surface area contributed by atoms with Crippen molar-refractivity contribution < 1.29 is 14.6 Å². The highest BCUT2D eigenvalue weighted by atomic mass is 35.5. The van der Waals surface area contributed by atoms with Crippen LogP contribution < -0.4 is 9.64 Å². The van der Waals surface area contributed by atoms with Gasteiger partial charge in [0.25, 0.3) is 0 Å². The van der Waals surface area contributed by atoms with E-state index in [1.807, 2.05) is 4.90 Å². The van der Waals surface area contributed by atoms with Crippen LogP contribution in [0.2, 0.25) is 5.02 Å². The predicted octanol–water partition coefficient (Wildman–Crippen LogP) is 3.67. The number of aliphatic imine (C=N–C) groups is 1. The largest absolute Gasteiger partial charge is 0.494 e. The standard InChI is InChI=1S/C23H25ClN6O3/c24-17-6-5-15-12-18(17)33-11-3-1-2-4-19(31)29-7-9-30(10-8-29)22-20-16(13-25-15)23(32)28-21(20)26-14-27-22/h5-6,12-14,32H,1-4,7-11H2,(H,26,27,28). The van der Waals surface area contributed by atoms with E-state index in [-0.39, 0.29) is 11.8 Å². The first kappa shape index (κ1) is 21.5. The molecule has 172 valence electrons. The number of hydrogen-bond donors (Lipinski definition) is 2. The molecule has 1 saturated heterocycles. The number of carbonyl (C=O) groups is 1. The maximum Gasteiger partial charge on any atom is 0.222 e. The average molecular weight is 469 g/mol. The van der Waals surface area contributed by atoms with E-state index < -0.39 is 0 Å². The average Bonchev–Trinajstić information content (AvgIpc) is 3.15. The first-order valence-electron chi connectivity index (χ1n) is 11.1. The molecule has 6 rings (SSSR count). The molecule has 3 aliphatic rings. The Morgan fingerprint density at radius 1 is 1.06 bits per heavy atom. The summed E-state index contributed by atoms with van der Waals surface area (Å²) in [5, 5.41) is 11.8. The quantitative estimate of drug-likeness (QED) is 0.521. The number of H-pyrrole nitrogens is 1. The molecule has 4 bridgehead atoms. The Morgan fingerprint density at radius 3 is 2.73 bits per heavy atom. The molecule has 0 spiro atoms. The van der Waals surface area contributed by atoms with Gasteiger partial charge in [-0.25, -0.2) is 9.97 Å². The van der Waals surface area contributed by atoms with Gasteiger partial charge >= 0.3 is 0 Å². The van der Waals surface area contributed by atoms with E-state index >= 15 is 0 Å². The Bertz CT molecular complexity index is 1200. The molecular formula is C23H25ClN6O3. The van der Waals surface area contributed by atoms with Crippen LogP contribution in [0.25, 0.3) is 11.0 Å². The first-order valence-corrected chi connectivity index (χ1v) is 11.5. The summed E-state index contributed by atoms with van der Waals surface area (Å²) in [4.78, 5) is 32.9. The Kier molecular flexibility index (Phi) is 6.04. The summed E-state index contributed by atoms with van der Waals surface area (Å²) >= 11 is 6.29. The number of aromatic amines is 1. The summed E-state index contributed by atoms with van der Waals surface area (Å²) < 4.78 is 5.86. The van der Waals surface area contributed by atoms with Crippen LogP contribution in [0, 0.1) is 0 Å². The van der Waals surface area contributed by atoms with Crippen LogP contribution in [0.5, 0.6) is 11.6 Å². The fourth-order valence-electron chi connectivity index (χ4n) is 4.27. The zero-order valence-electron chi connectivity index (χ0n) is 18.1. The summed E-state index contributed by atoms with van der Waals surface area (Å²) in [6, 6.07) is 5.31. The minimum Gasteiger partial charge on any atom is -0.494 e. The molecule has 1 amide bonds. The van der Waals surface area contributed by atoms with Crippen LogP contribution in [-0.4, -0.2) is 69.9 Å². The molecule has 2 N–H and O–H groups in total. The number of nitrogens with zero attached hydrogens (tertiary/aromatic N) is 5. The minimum absolute atomic E-state index is 0.0272. The van der Waals surface area contributed by atoms with E-state index in [4.69, 9.17) is 16.3 Å². The van der Waals surface area contributed by atoms with Gasteiger partial charge in [-0.05, 0) is 31.4 Å². The van der Waals surface area contributed by atoms with E-state index in [0.717, 1.165) is 19.3 Å². The maximum atomic E-state index is 12.6. The number of benzene rings is 1. The molecule has 3 aliphatic heterocycles. The molecule has 1 fully saturated rings. The fraction of sp³-hybridized carbons (Fsp3) is 0.391. The number of ether oxygens (including phenoxy) is 1. The topological polar surface area (TPSA) is 107 Å². The molecule has 3 aromatic rings. The summed E-state index contributed by atoms with van der Waals surface area (Å²) in [7, 11) is 0. The number of carbonyl (C=O) groups excluding carboxylic acids is 1. The lowest BCUT2D eigenvalue weighted by molar-refractivity contribution is -0.131. The molecule has 9 nitrogen and oxygen atoms in total. The summed E-state index contributed by atoms with van der Waals surface area (Å²) in [6.07, 6.45) is 6.20. The van der Waals surface area contributed by atoms with Gasteiger partial charge in [0.1, 0.15) is 23.5 Å². The van der Waals surface area contributed by atoms with E-state index in [1.165, 1.54) is 6.33 Å². The lowest BCUT2D eigenvalue weighted by Gasteiger charge is -2.35. The Morgan fingerprint density at radius 2 is 1.88 bits per heavy atom. The normalized spacial score (nSPS) is 17.5. The highest BCUT2D eigenvalue weighted by molar-refractivity contribution is 6.32. The van der Waals surface area contributed by atoms with Gasteiger partial charge in [0.15, 0.2) is 5.88 Å². The highest BCUT2D eigenvalue weighted by Gasteiger charge is 2.25. The second kappa shape index (κ2) is 9.27. The molecule has 2 aromatic heterocycles. The van der Waals surface area contributed by atoms with Gasteiger partial charge in [0, 0.05) is 44.9 Å². The van der Waals surface area contributed by atoms with Crippen molar-refractivity contribution in [2.24, 2.45) is 4.99 Å². The number of hydrogen-bond acceptors (Lipinski definition) is 7. The van der Waals surface area contributed by atoms with Gasteiger partial charge in [0.2, 0.25) is 5.91 Å². The van der Waals surface area contributed by atoms with Crippen LogP contribution in [0.15, 0.2) is 29.5 Å². The Hall–Kier alpha value is -3.33. The molecule has 33 heavy (non-hydrogen) atoms. The van der Waals surface area contributed by atoms with Crippen LogP contribution in [0.3, 0.4) is 0 Å². The first-order chi connectivity index (χ1) is 16.1. The van der Waals surface area contributed by atoms with E-state index in [0.29, 0.717) is 78.1 Å². The number of amides is 1. The van der Waals surface area contributed by atoms with Gasteiger partial charge in [-0.2, -0.15) is 0 Å². The molecule has 0 radical (unpaired) electrons. The number of nitrogens with one attached hydrogen (secondary N) is 1. The number of fused-ring (bicyclic) bond motifs is 8. The summed E-state index contributed by atoms with van der Waals surface area (Å²) in [5.41, 5.74) is 1.69. The SMILES string of the molecule is O=C1CCCCCOc2cc(ccc2Cl)N=Cc2c(O)[nH]c3ncnc(c23)N2CCN1CC2. The zero-order chi connectivity index (χ0) is 22.8. The number of aromatic hydroxyl groups is 1. The third-order valence-corrected chi connectivity index (χ3v) is 6.38. The highest BCUT2D eigenvalue weighted by Crippen LogP contribution is 2.33. The van der Waals surface area contributed by atoms with Crippen LogP contribution in [-0.2, 0) is 4.79 Å². The lowest BCUT2D eigenvalue weighted by atomic mass is 10.1. The van der Waals surface area contributed by atoms with Crippen molar-refractivity contribution in [3.63, 3.8) is 0 Å². The molecule has 10 heteroatoms. The van der Waals surface area contributed by atoms with Crippen molar-refractivity contribution in [1.29, 1.82) is 0 Å². The maximum absolute atomic E-state index is 12.6. The molecule has 1 aromatic carbocycles. The van der Waals surface area contributed by atoms with Crippen molar-refractivity contribution in [2.75, 3.05) is 37.7 Å². The van der Waals surface area contributed by atoms with Crippen molar-refractivity contribution in [1.82, 2.24) is 19.9 Å². The van der Waals surface area contributed by atoms with E-state index in [2.05, 4.69) is 24.8 Å². The van der Waals surface area contributed by atoms with Crippen molar-refractivity contribution in [3.05, 3.63) is 35.1 Å². The van der Waals surface area contributed by atoms with Gasteiger partial charge in [-0.1, -0.05) is 11.6 Å². The van der Waals surface area contributed by atoms with Crippen LogP contribution in [0.1, 0.15) is 31.2 Å². The van der Waals surface area contributed by atoms with Gasteiger partial charge in [-0.3, -0.25) is 9.79 Å². The smallest absolute Gasteiger partial charge is 0.222 e. The van der Waals surface area contributed by atoms with Crippen LogP contribution >= 0.6 is 11.6 Å². The van der Waals surface area contributed by atoms with Crippen molar-refractivity contribution in [2.45, 2.75) is 25.7 Å². The van der Waals surface area contributed by atoms with Crippen molar-refractivity contribution >= 4 is 46.3 Å². The minimum atomic E-state index is -0.0272. The number of piperazine rings is 1.